The number of rotatable bonds is 4. The highest BCUT2D eigenvalue weighted by molar-refractivity contribution is 6.35. The van der Waals surface area contributed by atoms with E-state index in [9.17, 15) is 8.78 Å². The van der Waals surface area contributed by atoms with Crippen LogP contribution in [0.5, 0.6) is 5.75 Å². The maximum atomic E-state index is 13.8. The number of hydrogen-bond donors (Lipinski definition) is 1. The Bertz CT molecular complexity index is 935. The molecule has 0 bridgehead atoms. The van der Waals surface area contributed by atoms with Crippen LogP contribution in [-0.4, -0.2) is 13.1 Å². The van der Waals surface area contributed by atoms with Crippen molar-refractivity contribution in [2.24, 2.45) is 0 Å². The molecule has 6 heteroatoms. The first kappa shape index (κ1) is 17.3. The molecule has 136 valence electrons. The molecule has 2 heterocycles. The Balaban J connectivity index is 1.61. The van der Waals surface area contributed by atoms with Gasteiger partial charge in [0.25, 0.3) is 6.01 Å². The Morgan fingerprint density at radius 1 is 1.12 bits per heavy atom. The zero-order valence-electron chi connectivity index (χ0n) is 14.0. The minimum absolute atomic E-state index is 0.185. The highest BCUT2D eigenvalue weighted by atomic mass is 35.5. The van der Waals surface area contributed by atoms with Crippen LogP contribution in [0, 0.1) is 11.8 Å². The van der Waals surface area contributed by atoms with E-state index in [-0.39, 0.29) is 18.3 Å². The molecule has 1 saturated heterocycles. The monoisotopic (exact) mass is 377 g/mol. The standard InChI is InChI=1S/C20H18ClF2NO2/c21-17-3-1-13(20-16(17)10-19(23)26-20)11-25-18-4-2-14(22)9-15(18)12-5-7-24-8-6-12/h1-4,9-10,12,24H,5-8,11H2. The predicted molar refractivity (Wildman–Crippen MR) is 96.8 cm³/mol. The Morgan fingerprint density at radius 3 is 2.73 bits per heavy atom. The Hall–Kier alpha value is -2.11. The minimum Gasteiger partial charge on any atom is -0.488 e. The van der Waals surface area contributed by atoms with E-state index in [0.717, 1.165) is 31.5 Å². The molecule has 0 unspecified atom stereocenters. The van der Waals surface area contributed by atoms with E-state index >= 15 is 0 Å². The fraction of sp³-hybridized carbons (Fsp3) is 0.300. The molecule has 3 aromatic rings. The van der Waals surface area contributed by atoms with Gasteiger partial charge in [-0.05, 0) is 56.1 Å². The summed E-state index contributed by atoms with van der Waals surface area (Å²) in [6, 6.07) is 8.62. The average molecular weight is 378 g/mol. The second-order valence-corrected chi connectivity index (χ2v) is 6.90. The van der Waals surface area contributed by atoms with Crippen LogP contribution in [-0.2, 0) is 6.61 Å². The summed E-state index contributed by atoms with van der Waals surface area (Å²) in [5, 5.41) is 4.25. The molecule has 0 radical (unpaired) electrons. The number of fused-ring (bicyclic) bond motifs is 1. The first-order chi connectivity index (χ1) is 12.6. The van der Waals surface area contributed by atoms with Gasteiger partial charge in [0.05, 0.1) is 5.02 Å². The number of hydrogen-bond acceptors (Lipinski definition) is 3. The normalized spacial score (nSPS) is 15.5. The highest BCUT2D eigenvalue weighted by Crippen LogP contribution is 2.35. The summed E-state index contributed by atoms with van der Waals surface area (Å²) in [5.41, 5.74) is 1.94. The predicted octanol–water partition coefficient (Wildman–Crippen LogP) is 5.41. The van der Waals surface area contributed by atoms with Gasteiger partial charge in [0.1, 0.15) is 23.8 Å². The second-order valence-electron chi connectivity index (χ2n) is 6.49. The first-order valence-electron chi connectivity index (χ1n) is 8.61. The molecule has 4 rings (SSSR count). The van der Waals surface area contributed by atoms with Crippen LogP contribution in [0.4, 0.5) is 8.78 Å². The quantitative estimate of drug-likeness (QED) is 0.660. The van der Waals surface area contributed by atoms with Crippen LogP contribution in [0.2, 0.25) is 5.02 Å². The molecule has 0 aliphatic carbocycles. The second kappa shape index (κ2) is 7.25. The van der Waals surface area contributed by atoms with Crippen LogP contribution in [0.25, 0.3) is 11.0 Å². The summed E-state index contributed by atoms with van der Waals surface area (Å²) in [6.45, 7) is 2.00. The molecule has 1 aliphatic rings. The van der Waals surface area contributed by atoms with E-state index in [1.165, 1.54) is 12.1 Å². The first-order valence-corrected chi connectivity index (χ1v) is 8.99. The smallest absolute Gasteiger partial charge is 0.278 e. The fourth-order valence-corrected chi connectivity index (χ4v) is 3.69. The van der Waals surface area contributed by atoms with Crippen molar-refractivity contribution in [2.75, 3.05) is 13.1 Å². The molecular formula is C20H18ClF2NO2. The van der Waals surface area contributed by atoms with Crippen molar-refractivity contribution < 1.29 is 17.9 Å². The van der Waals surface area contributed by atoms with Crippen molar-refractivity contribution in [1.82, 2.24) is 5.32 Å². The maximum absolute atomic E-state index is 13.8. The zero-order chi connectivity index (χ0) is 18.1. The lowest BCUT2D eigenvalue weighted by atomic mass is 9.89. The van der Waals surface area contributed by atoms with Gasteiger partial charge in [-0.1, -0.05) is 17.7 Å². The van der Waals surface area contributed by atoms with Crippen LogP contribution in [0.1, 0.15) is 29.9 Å². The zero-order valence-corrected chi connectivity index (χ0v) is 14.8. The van der Waals surface area contributed by atoms with Crippen LogP contribution in [0.15, 0.2) is 40.8 Å². The van der Waals surface area contributed by atoms with Gasteiger partial charge in [0, 0.05) is 22.6 Å². The van der Waals surface area contributed by atoms with Gasteiger partial charge >= 0.3 is 0 Å². The van der Waals surface area contributed by atoms with Crippen molar-refractivity contribution >= 4 is 22.6 Å². The minimum atomic E-state index is -0.688. The fourth-order valence-electron chi connectivity index (χ4n) is 3.49. The van der Waals surface area contributed by atoms with E-state index in [4.69, 9.17) is 20.8 Å². The SMILES string of the molecule is Fc1ccc(OCc2ccc(Cl)c3cc(F)oc23)c(C2CCNCC2)c1. The third-order valence-electron chi connectivity index (χ3n) is 4.82. The Labute approximate surface area is 154 Å². The van der Waals surface area contributed by atoms with Crippen LogP contribution < -0.4 is 10.1 Å². The number of benzene rings is 2. The van der Waals surface area contributed by atoms with Crippen LogP contribution in [0.3, 0.4) is 0 Å². The molecule has 1 aliphatic heterocycles. The third-order valence-corrected chi connectivity index (χ3v) is 5.15. The van der Waals surface area contributed by atoms with E-state index < -0.39 is 6.01 Å². The summed E-state index contributed by atoms with van der Waals surface area (Å²) in [5.74, 6) is 0.634. The summed E-state index contributed by atoms with van der Waals surface area (Å²) < 4.78 is 38.4. The summed E-state index contributed by atoms with van der Waals surface area (Å²) >= 11 is 6.09. The van der Waals surface area contributed by atoms with Gasteiger partial charge in [-0.2, -0.15) is 4.39 Å². The number of ether oxygens (including phenoxy) is 1. The molecular weight excluding hydrogens is 360 g/mol. The molecule has 1 N–H and O–H groups in total. The largest absolute Gasteiger partial charge is 0.488 e. The van der Waals surface area contributed by atoms with Gasteiger partial charge in [-0.15, -0.1) is 0 Å². The van der Waals surface area contributed by atoms with Crippen molar-refractivity contribution in [1.29, 1.82) is 0 Å². The van der Waals surface area contributed by atoms with Gasteiger partial charge < -0.3 is 14.5 Å². The molecule has 0 atom stereocenters. The van der Waals surface area contributed by atoms with Crippen molar-refractivity contribution in [3.05, 3.63) is 64.4 Å². The lowest BCUT2D eigenvalue weighted by Gasteiger charge is -2.25. The lowest BCUT2D eigenvalue weighted by molar-refractivity contribution is 0.295. The van der Waals surface area contributed by atoms with Gasteiger partial charge in [0.2, 0.25) is 0 Å². The molecule has 0 amide bonds. The average Bonchev–Trinajstić information content (AvgIpc) is 3.05. The summed E-state index contributed by atoms with van der Waals surface area (Å²) in [4.78, 5) is 0. The summed E-state index contributed by atoms with van der Waals surface area (Å²) in [6.07, 6.45) is 1.88. The maximum Gasteiger partial charge on any atom is 0.278 e. The molecule has 0 saturated carbocycles. The Kier molecular flexibility index (Phi) is 4.83. The number of nitrogens with one attached hydrogen (secondary N) is 1. The molecule has 1 fully saturated rings. The summed E-state index contributed by atoms with van der Waals surface area (Å²) in [7, 11) is 0. The number of piperidine rings is 1. The third kappa shape index (κ3) is 3.41. The van der Waals surface area contributed by atoms with E-state index in [0.29, 0.717) is 27.3 Å². The van der Waals surface area contributed by atoms with Gasteiger partial charge in [-0.3, -0.25) is 0 Å². The van der Waals surface area contributed by atoms with Gasteiger partial charge in [0.15, 0.2) is 0 Å². The molecule has 1 aromatic heterocycles. The van der Waals surface area contributed by atoms with E-state index in [2.05, 4.69) is 5.32 Å². The highest BCUT2D eigenvalue weighted by Gasteiger charge is 2.20. The lowest BCUT2D eigenvalue weighted by Crippen LogP contribution is -2.26. The molecule has 0 spiro atoms. The Morgan fingerprint density at radius 2 is 1.92 bits per heavy atom. The van der Waals surface area contributed by atoms with E-state index in [1.54, 1.807) is 24.3 Å². The van der Waals surface area contributed by atoms with Crippen molar-refractivity contribution in [3.8, 4) is 5.75 Å². The molecule has 26 heavy (non-hydrogen) atoms. The van der Waals surface area contributed by atoms with Gasteiger partial charge in [-0.25, -0.2) is 4.39 Å². The van der Waals surface area contributed by atoms with Crippen LogP contribution >= 0.6 is 11.6 Å². The molecule has 2 aromatic carbocycles. The number of halogens is 3. The van der Waals surface area contributed by atoms with Crippen molar-refractivity contribution in [3.63, 3.8) is 0 Å². The topological polar surface area (TPSA) is 34.4 Å². The molecule has 3 nitrogen and oxygen atoms in total. The number of furan rings is 1. The van der Waals surface area contributed by atoms with E-state index in [1.807, 2.05) is 0 Å². The van der Waals surface area contributed by atoms with Crippen molar-refractivity contribution in [2.45, 2.75) is 25.4 Å².